The first-order valence-corrected chi connectivity index (χ1v) is 4.85. The fourth-order valence-electron chi connectivity index (χ4n) is 1.04. The van der Waals surface area contributed by atoms with Gasteiger partial charge in [0.2, 0.25) is 0 Å². The second kappa shape index (κ2) is 4.12. The molecule has 1 fully saturated rings. The van der Waals surface area contributed by atoms with Gasteiger partial charge in [-0.2, -0.15) is 0 Å². The lowest BCUT2D eigenvalue weighted by Gasteiger charge is -2.20. The largest absolute Gasteiger partial charge is 0.319 e. The molecule has 60 valence electrons. The Hall–Kier alpha value is 0.150. The Morgan fingerprint density at radius 2 is 2.10 bits per heavy atom. The number of hydrogen-bond acceptors (Lipinski definition) is 3. The highest BCUT2D eigenvalue weighted by atomic mass is 31.1. The van der Waals surface area contributed by atoms with Crippen LogP contribution < -0.4 is 0 Å². The summed E-state index contributed by atoms with van der Waals surface area (Å²) < 4.78 is 20.3. The van der Waals surface area contributed by atoms with E-state index in [0.717, 1.165) is 12.8 Å². The Balaban J connectivity index is 2.19. The minimum Gasteiger partial charge on any atom is -0.310 e. The van der Waals surface area contributed by atoms with Crippen LogP contribution >= 0.6 is 8.25 Å². The fraction of sp³-hybridized carbons (Fsp3) is 1.00. The van der Waals surface area contributed by atoms with Gasteiger partial charge in [-0.15, -0.1) is 0 Å². The first kappa shape index (κ1) is 8.25. The Morgan fingerprint density at radius 1 is 1.50 bits per heavy atom. The van der Waals surface area contributed by atoms with Gasteiger partial charge >= 0.3 is 8.25 Å². The quantitative estimate of drug-likeness (QED) is 0.584. The van der Waals surface area contributed by atoms with Gasteiger partial charge in [-0.1, -0.05) is 13.3 Å². The van der Waals surface area contributed by atoms with Crippen molar-refractivity contribution in [2.75, 3.05) is 13.2 Å². The average Bonchev–Trinajstić information content (AvgIpc) is 1.95. The number of rotatable bonds is 2. The lowest BCUT2D eigenvalue weighted by atomic mass is 10.1. The maximum Gasteiger partial charge on any atom is 0.319 e. The van der Waals surface area contributed by atoms with Crippen LogP contribution in [0.5, 0.6) is 0 Å². The zero-order valence-corrected chi connectivity index (χ0v) is 7.13. The van der Waals surface area contributed by atoms with Gasteiger partial charge in [-0.25, -0.2) is 0 Å². The molecule has 0 saturated carbocycles. The molecule has 0 unspecified atom stereocenters. The third-order valence-electron chi connectivity index (χ3n) is 1.57. The standard InChI is InChI=1S/C6H13O3P/c1-2-3-6-4-8-10(7)9-5-6/h6,10H,2-5H2,1H3. The SMILES string of the molecule is CCCC1CO[PH](=O)OC1. The van der Waals surface area contributed by atoms with Crippen molar-refractivity contribution >= 4 is 8.25 Å². The van der Waals surface area contributed by atoms with Crippen LogP contribution in [0, 0.1) is 5.92 Å². The van der Waals surface area contributed by atoms with Crippen molar-refractivity contribution in [2.45, 2.75) is 19.8 Å². The molecule has 1 rings (SSSR count). The van der Waals surface area contributed by atoms with Crippen molar-refractivity contribution in [2.24, 2.45) is 5.92 Å². The van der Waals surface area contributed by atoms with Crippen LogP contribution in [0.25, 0.3) is 0 Å². The highest BCUT2D eigenvalue weighted by molar-refractivity contribution is 7.33. The average molecular weight is 164 g/mol. The molecule has 4 heteroatoms. The molecule has 0 aromatic rings. The van der Waals surface area contributed by atoms with Crippen LogP contribution in [-0.2, 0) is 13.6 Å². The highest BCUT2D eigenvalue weighted by Gasteiger charge is 2.16. The normalized spacial score (nSPS) is 34.1. The summed E-state index contributed by atoms with van der Waals surface area (Å²) in [4.78, 5) is 0. The van der Waals surface area contributed by atoms with Gasteiger partial charge in [-0.05, 0) is 6.42 Å². The second-order valence-electron chi connectivity index (χ2n) is 2.53. The van der Waals surface area contributed by atoms with E-state index < -0.39 is 8.25 Å². The smallest absolute Gasteiger partial charge is 0.310 e. The van der Waals surface area contributed by atoms with Gasteiger partial charge in [0, 0.05) is 5.92 Å². The molecule has 1 saturated heterocycles. The topological polar surface area (TPSA) is 35.5 Å². The van der Waals surface area contributed by atoms with Crippen molar-refractivity contribution < 1.29 is 13.6 Å². The minimum atomic E-state index is -2.09. The third-order valence-corrected chi connectivity index (χ3v) is 2.38. The first-order chi connectivity index (χ1) is 4.83. The van der Waals surface area contributed by atoms with E-state index in [-0.39, 0.29) is 0 Å². The van der Waals surface area contributed by atoms with Crippen LogP contribution in [-0.4, -0.2) is 13.2 Å². The summed E-state index contributed by atoms with van der Waals surface area (Å²) in [7, 11) is -2.09. The van der Waals surface area contributed by atoms with Crippen molar-refractivity contribution in [3.8, 4) is 0 Å². The highest BCUT2D eigenvalue weighted by Crippen LogP contribution is 2.31. The fourth-order valence-corrected chi connectivity index (χ4v) is 1.86. The van der Waals surface area contributed by atoms with E-state index in [1.807, 2.05) is 0 Å². The van der Waals surface area contributed by atoms with E-state index in [9.17, 15) is 4.57 Å². The first-order valence-electron chi connectivity index (χ1n) is 3.62. The Bertz CT molecular complexity index is 116. The van der Waals surface area contributed by atoms with Gasteiger partial charge in [0.05, 0.1) is 13.2 Å². The van der Waals surface area contributed by atoms with Crippen molar-refractivity contribution in [1.29, 1.82) is 0 Å². The molecule has 0 amide bonds. The molecule has 10 heavy (non-hydrogen) atoms. The Kier molecular flexibility index (Phi) is 3.40. The second-order valence-corrected chi connectivity index (χ2v) is 3.60. The van der Waals surface area contributed by atoms with Gasteiger partial charge in [0.15, 0.2) is 0 Å². The van der Waals surface area contributed by atoms with E-state index in [0.29, 0.717) is 19.1 Å². The molecule has 1 heterocycles. The molecule has 0 atom stereocenters. The summed E-state index contributed by atoms with van der Waals surface area (Å²) >= 11 is 0. The lowest BCUT2D eigenvalue weighted by Crippen LogP contribution is -2.17. The van der Waals surface area contributed by atoms with Crippen molar-refractivity contribution in [3.05, 3.63) is 0 Å². The summed E-state index contributed by atoms with van der Waals surface area (Å²) in [5.41, 5.74) is 0. The minimum absolute atomic E-state index is 0.465. The van der Waals surface area contributed by atoms with E-state index in [1.165, 1.54) is 0 Å². The van der Waals surface area contributed by atoms with Gasteiger partial charge < -0.3 is 9.05 Å². The molecule has 1 aliphatic heterocycles. The maximum atomic E-state index is 10.6. The molecular formula is C6H13O3P. The molecule has 0 N–H and O–H groups in total. The van der Waals surface area contributed by atoms with Gasteiger partial charge in [0.25, 0.3) is 0 Å². The van der Waals surface area contributed by atoms with E-state index >= 15 is 0 Å². The van der Waals surface area contributed by atoms with Crippen LogP contribution in [0.1, 0.15) is 19.8 Å². The Morgan fingerprint density at radius 3 is 2.60 bits per heavy atom. The molecule has 0 bridgehead atoms. The van der Waals surface area contributed by atoms with Gasteiger partial charge in [-0.3, -0.25) is 4.57 Å². The van der Waals surface area contributed by atoms with Crippen LogP contribution in [0.15, 0.2) is 0 Å². The monoisotopic (exact) mass is 164 g/mol. The van der Waals surface area contributed by atoms with Crippen LogP contribution in [0.4, 0.5) is 0 Å². The van der Waals surface area contributed by atoms with Gasteiger partial charge in [0.1, 0.15) is 0 Å². The molecular weight excluding hydrogens is 151 g/mol. The number of hydrogen-bond donors (Lipinski definition) is 0. The molecule has 3 nitrogen and oxygen atoms in total. The lowest BCUT2D eigenvalue weighted by molar-refractivity contribution is 0.103. The maximum absolute atomic E-state index is 10.6. The zero-order valence-electron chi connectivity index (χ0n) is 6.13. The summed E-state index contributed by atoms with van der Waals surface area (Å²) in [6, 6.07) is 0. The molecule has 1 aliphatic rings. The van der Waals surface area contributed by atoms with E-state index in [4.69, 9.17) is 9.05 Å². The summed E-state index contributed by atoms with van der Waals surface area (Å²) in [6.07, 6.45) is 2.24. The van der Waals surface area contributed by atoms with E-state index in [2.05, 4.69) is 6.92 Å². The predicted octanol–water partition coefficient (Wildman–Crippen LogP) is 1.84. The molecule has 0 aromatic heterocycles. The van der Waals surface area contributed by atoms with Crippen LogP contribution in [0.3, 0.4) is 0 Å². The zero-order chi connectivity index (χ0) is 7.40. The van der Waals surface area contributed by atoms with E-state index in [1.54, 1.807) is 0 Å². The third kappa shape index (κ3) is 2.41. The Labute approximate surface area is 61.7 Å². The summed E-state index contributed by atoms with van der Waals surface area (Å²) in [5.74, 6) is 0.465. The molecule has 0 radical (unpaired) electrons. The summed E-state index contributed by atoms with van der Waals surface area (Å²) in [6.45, 7) is 3.36. The molecule has 0 aliphatic carbocycles. The van der Waals surface area contributed by atoms with Crippen LogP contribution in [0.2, 0.25) is 0 Å². The van der Waals surface area contributed by atoms with Crippen molar-refractivity contribution in [1.82, 2.24) is 0 Å². The predicted molar refractivity (Wildman–Crippen MR) is 39.3 cm³/mol. The van der Waals surface area contributed by atoms with Crippen molar-refractivity contribution in [3.63, 3.8) is 0 Å². The molecule has 0 aromatic carbocycles. The summed E-state index contributed by atoms with van der Waals surface area (Å²) in [5, 5.41) is 0. The molecule has 0 spiro atoms.